The summed E-state index contributed by atoms with van der Waals surface area (Å²) in [5.74, 6) is 0.242. The van der Waals surface area contributed by atoms with E-state index in [1.54, 1.807) is 6.92 Å². The SMILES string of the molecule is C=C(C)C(=O)OCOc1ccc([I+]c2ccccc2)cc1. The van der Waals surface area contributed by atoms with Gasteiger partial charge in [0.05, 0.1) is 0 Å². The number of halogens is 1. The van der Waals surface area contributed by atoms with E-state index < -0.39 is 5.97 Å². The highest BCUT2D eigenvalue weighted by molar-refractivity contribution is 5.86. The number of rotatable bonds is 6. The molecule has 0 N–H and O–H groups in total. The van der Waals surface area contributed by atoms with Gasteiger partial charge in [0, 0.05) is 5.57 Å². The lowest BCUT2D eigenvalue weighted by Crippen LogP contribution is -3.61. The highest BCUT2D eigenvalue weighted by Gasteiger charge is 2.14. The van der Waals surface area contributed by atoms with E-state index in [2.05, 4.69) is 43.0 Å². The molecule has 2 rings (SSSR count). The molecule has 0 aromatic heterocycles. The van der Waals surface area contributed by atoms with E-state index in [4.69, 9.17) is 9.47 Å². The van der Waals surface area contributed by atoms with Crippen LogP contribution >= 0.6 is 0 Å². The molecule has 0 aliphatic rings. The number of carbonyl (C=O) groups excluding carboxylic acids is 1. The Kier molecular flexibility index (Phi) is 5.80. The monoisotopic (exact) mass is 395 g/mol. The number of hydrogen-bond acceptors (Lipinski definition) is 3. The second-order valence-corrected chi connectivity index (χ2v) is 7.35. The Labute approximate surface area is 134 Å². The van der Waals surface area contributed by atoms with E-state index in [0.29, 0.717) is 11.3 Å². The molecular weight excluding hydrogens is 379 g/mol. The summed E-state index contributed by atoms with van der Waals surface area (Å²) in [6.45, 7) is 5.01. The Morgan fingerprint density at radius 3 is 2.29 bits per heavy atom. The third-order valence-corrected chi connectivity index (χ3v) is 5.21. The van der Waals surface area contributed by atoms with Crippen molar-refractivity contribution in [2.45, 2.75) is 6.92 Å². The van der Waals surface area contributed by atoms with Crippen LogP contribution in [0, 0.1) is 7.14 Å². The standard InChI is InChI=1S/C17H16IO3/c1-13(2)17(19)21-12-20-16-10-8-15(9-11-16)18-14-6-4-3-5-7-14/h3-11H,1,12H2,2H3/q+1. The lowest BCUT2D eigenvalue weighted by molar-refractivity contribution is -0.597. The van der Waals surface area contributed by atoms with E-state index in [0.717, 1.165) is 0 Å². The van der Waals surface area contributed by atoms with Crippen LogP contribution in [0.15, 0.2) is 66.7 Å². The summed E-state index contributed by atoms with van der Waals surface area (Å²) in [7, 11) is 0. The molecule has 4 heteroatoms. The molecule has 0 atom stereocenters. The minimum atomic E-state index is -0.443. The fourth-order valence-corrected chi connectivity index (χ4v) is 3.68. The summed E-state index contributed by atoms with van der Waals surface area (Å²) in [6, 6.07) is 18.3. The molecule has 0 spiro atoms. The van der Waals surface area contributed by atoms with E-state index in [-0.39, 0.29) is 28.0 Å². The highest BCUT2D eigenvalue weighted by atomic mass is 127. The Hall–Kier alpha value is -1.82. The maximum Gasteiger partial charge on any atom is 0.357 e. The second kappa shape index (κ2) is 7.83. The maximum atomic E-state index is 11.2. The van der Waals surface area contributed by atoms with Gasteiger partial charge in [0.1, 0.15) is 5.75 Å². The molecule has 0 bridgehead atoms. The van der Waals surface area contributed by atoms with Crippen molar-refractivity contribution in [1.29, 1.82) is 0 Å². The molecule has 0 aliphatic carbocycles. The zero-order valence-electron chi connectivity index (χ0n) is 11.7. The van der Waals surface area contributed by atoms with E-state index >= 15 is 0 Å². The molecule has 0 saturated carbocycles. The van der Waals surface area contributed by atoms with Crippen LogP contribution in [-0.2, 0) is 9.53 Å². The van der Waals surface area contributed by atoms with Gasteiger partial charge in [-0.05, 0) is 43.3 Å². The van der Waals surface area contributed by atoms with E-state index in [1.165, 1.54) is 7.14 Å². The Balaban J connectivity index is 1.85. The number of carbonyl (C=O) groups is 1. The number of esters is 1. The van der Waals surface area contributed by atoms with Crippen LogP contribution in [0.4, 0.5) is 0 Å². The van der Waals surface area contributed by atoms with E-state index in [9.17, 15) is 4.79 Å². The second-order valence-electron chi connectivity index (χ2n) is 4.32. The lowest BCUT2D eigenvalue weighted by atomic mass is 10.3. The molecule has 0 amide bonds. The van der Waals surface area contributed by atoms with Gasteiger partial charge in [-0.3, -0.25) is 0 Å². The van der Waals surface area contributed by atoms with Crippen LogP contribution in [0.2, 0.25) is 0 Å². The molecular formula is C17H16IO3+. The fourth-order valence-electron chi connectivity index (χ4n) is 1.47. The van der Waals surface area contributed by atoms with Gasteiger partial charge in [-0.2, -0.15) is 0 Å². The van der Waals surface area contributed by atoms with Gasteiger partial charge >= 0.3 is 27.2 Å². The molecule has 0 heterocycles. The van der Waals surface area contributed by atoms with Crippen LogP contribution in [0.5, 0.6) is 5.75 Å². The summed E-state index contributed by atoms with van der Waals surface area (Å²) < 4.78 is 12.9. The summed E-state index contributed by atoms with van der Waals surface area (Å²) in [5, 5.41) is 0. The number of hydrogen-bond donors (Lipinski definition) is 0. The first kappa shape index (κ1) is 15.6. The van der Waals surface area contributed by atoms with Gasteiger partial charge < -0.3 is 9.47 Å². The normalized spacial score (nSPS) is 9.95. The minimum absolute atomic E-state index is 0.0984. The highest BCUT2D eigenvalue weighted by Crippen LogP contribution is 2.08. The van der Waals surface area contributed by atoms with Gasteiger partial charge in [-0.1, -0.05) is 24.8 Å². The zero-order valence-corrected chi connectivity index (χ0v) is 13.9. The van der Waals surface area contributed by atoms with Gasteiger partial charge in [0.25, 0.3) is 0 Å². The molecule has 108 valence electrons. The van der Waals surface area contributed by atoms with Gasteiger partial charge in [-0.25, -0.2) is 4.79 Å². The Morgan fingerprint density at radius 2 is 1.67 bits per heavy atom. The van der Waals surface area contributed by atoms with E-state index in [1.807, 2.05) is 18.2 Å². The number of benzene rings is 2. The summed E-state index contributed by atoms with van der Waals surface area (Å²) in [6.07, 6.45) is 0. The maximum absolute atomic E-state index is 11.2. The summed E-state index contributed by atoms with van der Waals surface area (Å²) >= 11 is -0.170. The van der Waals surface area contributed by atoms with Crippen molar-refractivity contribution in [1.82, 2.24) is 0 Å². The zero-order chi connectivity index (χ0) is 15.1. The van der Waals surface area contributed by atoms with Crippen molar-refractivity contribution in [3.8, 4) is 5.75 Å². The molecule has 3 nitrogen and oxygen atoms in total. The van der Waals surface area contributed by atoms with Crippen LogP contribution in [0.3, 0.4) is 0 Å². The molecule has 2 aromatic rings. The third kappa shape index (κ3) is 5.23. The summed E-state index contributed by atoms with van der Waals surface area (Å²) in [4.78, 5) is 11.2. The molecule has 21 heavy (non-hydrogen) atoms. The van der Waals surface area contributed by atoms with Gasteiger partial charge in [-0.15, -0.1) is 0 Å². The van der Waals surface area contributed by atoms with Crippen molar-refractivity contribution in [3.63, 3.8) is 0 Å². The average molecular weight is 395 g/mol. The molecule has 0 saturated heterocycles. The quantitative estimate of drug-likeness (QED) is 0.305. The topological polar surface area (TPSA) is 35.5 Å². The number of ether oxygens (including phenoxy) is 2. The largest absolute Gasteiger partial charge is 0.457 e. The fraction of sp³-hybridized carbons (Fsp3) is 0.118. The van der Waals surface area contributed by atoms with Crippen molar-refractivity contribution in [2.24, 2.45) is 0 Å². The minimum Gasteiger partial charge on any atom is -0.457 e. The first-order valence-corrected chi connectivity index (χ1v) is 8.56. The van der Waals surface area contributed by atoms with Crippen molar-refractivity contribution in [3.05, 3.63) is 73.9 Å². The first-order chi connectivity index (χ1) is 10.1. The van der Waals surface area contributed by atoms with Crippen molar-refractivity contribution < 1.29 is 35.5 Å². The smallest absolute Gasteiger partial charge is 0.357 e. The van der Waals surface area contributed by atoms with Crippen molar-refractivity contribution >= 4 is 5.97 Å². The Bertz CT molecular complexity index is 606. The van der Waals surface area contributed by atoms with Gasteiger partial charge in [0.2, 0.25) is 6.79 Å². The predicted molar refractivity (Wildman–Crippen MR) is 76.7 cm³/mol. The van der Waals surface area contributed by atoms with Crippen LogP contribution in [0.25, 0.3) is 0 Å². The lowest BCUT2D eigenvalue weighted by Gasteiger charge is -2.06. The molecule has 0 fully saturated rings. The Morgan fingerprint density at radius 1 is 1.05 bits per heavy atom. The molecule has 0 aliphatic heterocycles. The molecule has 2 aromatic carbocycles. The third-order valence-electron chi connectivity index (χ3n) is 2.53. The first-order valence-electron chi connectivity index (χ1n) is 6.40. The average Bonchev–Trinajstić information content (AvgIpc) is 2.50. The van der Waals surface area contributed by atoms with Crippen LogP contribution in [-0.4, -0.2) is 12.8 Å². The predicted octanol–water partition coefficient (Wildman–Crippen LogP) is 0.271. The molecule has 0 radical (unpaired) electrons. The summed E-state index contributed by atoms with van der Waals surface area (Å²) in [5.41, 5.74) is 0.363. The van der Waals surface area contributed by atoms with Crippen LogP contribution < -0.4 is 25.9 Å². The van der Waals surface area contributed by atoms with Crippen LogP contribution in [0.1, 0.15) is 6.92 Å². The van der Waals surface area contributed by atoms with Gasteiger partial charge in [0.15, 0.2) is 7.14 Å². The van der Waals surface area contributed by atoms with Crippen molar-refractivity contribution in [2.75, 3.05) is 6.79 Å². The molecule has 0 unspecified atom stereocenters.